The van der Waals surface area contributed by atoms with E-state index in [1.54, 1.807) is 0 Å². The molecule has 3 atom stereocenters. The molecule has 1 aliphatic heterocycles. The van der Waals surface area contributed by atoms with Crippen molar-refractivity contribution in [3.8, 4) is 0 Å². The molecule has 0 radical (unpaired) electrons. The van der Waals surface area contributed by atoms with E-state index < -0.39 is 0 Å². The van der Waals surface area contributed by atoms with E-state index in [1.807, 2.05) is 12.4 Å². The van der Waals surface area contributed by atoms with Gasteiger partial charge in [0.1, 0.15) is 0 Å². The zero-order chi connectivity index (χ0) is 14.5. The fraction of sp³-hybridized carbons (Fsp3) is 0.722. The second-order valence-corrected chi connectivity index (χ2v) is 6.81. The van der Waals surface area contributed by atoms with Crippen molar-refractivity contribution in [2.24, 2.45) is 11.8 Å². The Morgan fingerprint density at radius 3 is 3.05 bits per heavy atom. The number of nitrogens with zero attached hydrogens (tertiary/aromatic N) is 2. The third-order valence-corrected chi connectivity index (χ3v) is 5.38. The van der Waals surface area contributed by atoms with Gasteiger partial charge in [-0.2, -0.15) is 0 Å². The maximum absolute atomic E-state index is 4.31. The van der Waals surface area contributed by atoms with Gasteiger partial charge in [-0.15, -0.1) is 0 Å². The smallest absolute Gasteiger partial charge is 0.0488 e. The second kappa shape index (κ2) is 7.37. The molecule has 2 heterocycles. The van der Waals surface area contributed by atoms with Crippen molar-refractivity contribution >= 4 is 0 Å². The van der Waals surface area contributed by atoms with Crippen LogP contribution in [-0.2, 0) is 0 Å². The Morgan fingerprint density at radius 2 is 2.24 bits per heavy atom. The number of aromatic nitrogens is 1. The fourth-order valence-electron chi connectivity index (χ4n) is 4.14. The van der Waals surface area contributed by atoms with Gasteiger partial charge in [0.15, 0.2) is 0 Å². The summed E-state index contributed by atoms with van der Waals surface area (Å²) in [6, 6.07) is 4.80. The summed E-state index contributed by atoms with van der Waals surface area (Å²) in [6.45, 7) is 7.00. The number of nitrogens with one attached hydrogen (secondary N) is 1. The summed E-state index contributed by atoms with van der Waals surface area (Å²) in [4.78, 5) is 7.02. The Balaban J connectivity index is 1.64. The summed E-state index contributed by atoms with van der Waals surface area (Å²) >= 11 is 0. The minimum atomic E-state index is 0.509. The highest BCUT2D eigenvalue weighted by Crippen LogP contribution is 2.33. The van der Waals surface area contributed by atoms with Crippen LogP contribution in [0, 0.1) is 11.8 Å². The monoisotopic (exact) mass is 287 g/mol. The highest BCUT2D eigenvalue weighted by molar-refractivity contribution is 5.15. The van der Waals surface area contributed by atoms with Gasteiger partial charge in [0, 0.05) is 44.6 Å². The van der Waals surface area contributed by atoms with Crippen LogP contribution in [0.15, 0.2) is 24.5 Å². The van der Waals surface area contributed by atoms with Crippen molar-refractivity contribution in [2.45, 2.75) is 45.1 Å². The Kier molecular flexibility index (Phi) is 5.26. The number of rotatable bonds is 4. The summed E-state index contributed by atoms with van der Waals surface area (Å²) in [5.74, 6) is 1.88. The molecule has 3 nitrogen and oxygen atoms in total. The molecule has 0 bridgehead atoms. The van der Waals surface area contributed by atoms with Crippen LogP contribution in [0.5, 0.6) is 0 Å². The molecule has 3 rings (SSSR count). The molecule has 21 heavy (non-hydrogen) atoms. The molecule has 1 saturated heterocycles. The van der Waals surface area contributed by atoms with Crippen LogP contribution in [0.1, 0.15) is 50.6 Å². The van der Waals surface area contributed by atoms with E-state index in [0.717, 1.165) is 24.9 Å². The highest BCUT2D eigenvalue weighted by Gasteiger charge is 2.28. The number of piperazine rings is 1. The average Bonchev–Trinajstić information content (AvgIpc) is 2.56. The van der Waals surface area contributed by atoms with Gasteiger partial charge in [-0.1, -0.05) is 32.3 Å². The molecule has 2 aliphatic rings. The van der Waals surface area contributed by atoms with Crippen LogP contribution in [0.25, 0.3) is 0 Å². The van der Waals surface area contributed by atoms with E-state index in [-0.39, 0.29) is 0 Å². The molecule has 1 aliphatic carbocycles. The van der Waals surface area contributed by atoms with Gasteiger partial charge in [0.2, 0.25) is 0 Å². The lowest BCUT2D eigenvalue weighted by Crippen LogP contribution is -2.48. The van der Waals surface area contributed by atoms with Crippen molar-refractivity contribution in [3.05, 3.63) is 30.1 Å². The maximum Gasteiger partial charge on any atom is 0.0488 e. The quantitative estimate of drug-likeness (QED) is 0.921. The molecule has 1 saturated carbocycles. The SMILES string of the molecule is CCC1CCCC(CN2CCNCC2c2cccnc2)C1. The summed E-state index contributed by atoms with van der Waals surface area (Å²) in [5.41, 5.74) is 1.37. The van der Waals surface area contributed by atoms with E-state index in [2.05, 4.69) is 34.3 Å². The third-order valence-electron chi connectivity index (χ3n) is 5.38. The summed E-state index contributed by atoms with van der Waals surface area (Å²) in [5, 5.41) is 3.55. The standard InChI is InChI=1S/C18H29N3/c1-2-15-5-3-6-16(11-15)14-21-10-9-20-13-18(21)17-7-4-8-19-12-17/h4,7-8,12,15-16,18,20H,2-3,5-6,9-11,13-14H2,1H3. The van der Waals surface area contributed by atoms with Crippen LogP contribution in [0.3, 0.4) is 0 Å². The van der Waals surface area contributed by atoms with Gasteiger partial charge in [-0.05, 0) is 36.3 Å². The number of hydrogen-bond acceptors (Lipinski definition) is 3. The Morgan fingerprint density at radius 1 is 1.33 bits per heavy atom. The lowest BCUT2D eigenvalue weighted by molar-refractivity contribution is 0.111. The summed E-state index contributed by atoms with van der Waals surface area (Å²) < 4.78 is 0. The van der Waals surface area contributed by atoms with E-state index in [0.29, 0.717) is 6.04 Å². The largest absolute Gasteiger partial charge is 0.314 e. The van der Waals surface area contributed by atoms with Gasteiger partial charge in [-0.3, -0.25) is 9.88 Å². The summed E-state index contributed by atoms with van der Waals surface area (Å²) in [7, 11) is 0. The van der Waals surface area contributed by atoms with Crippen LogP contribution in [0.4, 0.5) is 0 Å². The molecule has 2 fully saturated rings. The van der Waals surface area contributed by atoms with E-state index in [9.17, 15) is 0 Å². The summed E-state index contributed by atoms with van der Waals surface area (Å²) in [6.07, 6.45) is 11.1. The minimum Gasteiger partial charge on any atom is -0.314 e. The Labute approximate surface area is 129 Å². The minimum absolute atomic E-state index is 0.509. The van der Waals surface area contributed by atoms with E-state index in [4.69, 9.17) is 0 Å². The van der Waals surface area contributed by atoms with Gasteiger partial charge >= 0.3 is 0 Å². The Bertz CT molecular complexity index is 420. The molecular weight excluding hydrogens is 258 g/mol. The first-order valence-electron chi connectivity index (χ1n) is 8.71. The topological polar surface area (TPSA) is 28.2 Å². The van der Waals surface area contributed by atoms with Gasteiger partial charge < -0.3 is 5.32 Å². The second-order valence-electron chi connectivity index (χ2n) is 6.81. The predicted molar refractivity (Wildman–Crippen MR) is 87.2 cm³/mol. The van der Waals surface area contributed by atoms with E-state index in [1.165, 1.54) is 50.8 Å². The number of hydrogen-bond donors (Lipinski definition) is 1. The third kappa shape index (κ3) is 3.83. The van der Waals surface area contributed by atoms with Crippen LogP contribution < -0.4 is 5.32 Å². The fourth-order valence-corrected chi connectivity index (χ4v) is 4.14. The maximum atomic E-state index is 4.31. The zero-order valence-corrected chi connectivity index (χ0v) is 13.3. The normalized spacial score (nSPS) is 31.2. The molecule has 3 heteroatoms. The molecule has 116 valence electrons. The van der Waals surface area contributed by atoms with E-state index >= 15 is 0 Å². The molecule has 0 spiro atoms. The highest BCUT2D eigenvalue weighted by atomic mass is 15.2. The zero-order valence-electron chi connectivity index (χ0n) is 13.3. The number of pyridine rings is 1. The first-order valence-corrected chi connectivity index (χ1v) is 8.71. The molecule has 3 unspecified atom stereocenters. The molecule has 1 aromatic heterocycles. The first-order chi connectivity index (χ1) is 10.4. The molecular formula is C18H29N3. The van der Waals surface area contributed by atoms with Crippen molar-refractivity contribution < 1.29 is 0 Å². The van der Waals surface area contributed by atoms with Gasteiger partial charge in [0.25, 0.3) is 0 Å². The van der Waals surface area contributed by atoms with Gasteiger partial charge in [-0.25, -0.2) is 0 Å². The van der Waals surface area contributed by atoms with Crippen molar-refractivity contribution in [1.29, 1.82) is 0 Å². The molecule has 0 aromatic carbocycles. The predicted octanol–water partition coefficient (Wildman–Crippen LogP) is 3.24. The Hall–Kier alpha value is -0.930. The van der Waals surface area contributed by atoms with Crippen LogP contribution >= 0.6 is 0 Å². The lowest BCUT2D eigenvalue weighted by atomic mass is 9.79. The van der Waals surface area contributed by atoms with Crippen LogP contribution in [0.2, 0.25) is 0 Å². The first kappa shape index (κ1) is 15.0. The molecule has 1 N–H and O–H groups in total. The van der Waals surface area contributed by atoms with Gasteiger partial charge in [0.05, 0.1) is 0 Å². The average molecular weight is 287 g/mol. The van der Waals surface area contributed by atoms with Crippen molar-refractivity contribution in [2.75, 3.05) is 26.2 Å². The van der Waals surface area contributed by atoms with Crippen LogP contribution in [-0.4, -0.2) is 36.1 Å². The van der Waals surface area contributed by atoms with Crippen molar-refractivity contribution in [3.63, 3.8) is 0 Å². The van der Waals surface area contributed by atoms with Crippen molar-refractivity contribution in [1.82, 2.24) is 15.2 Å². The molecule has 1 aromatic rings. The molecule has 0 amide bonds. The lowest BCUT2D eigenvalue weighted by Gasteiger charge is -2.40.